The minimum atomic E-state index is -4.45. The molecule has 0 N–H and O–H groups in total. The van der Waals surface area contributed by atoms with Gasteiger partial charge in [0, 0.05) is 18.7 Å². The summed E-state index contributed by atoms with van der Waals surface area (Å²) >= 11 is 0. The van der Waals surface area contributed by atoms with Crippen molar-refractivity contribution in [2.75, 3.05) is 20.2 Å². The molecule has 2 rings (SSSR count). The number of hydrogen-bond acceptors (Lipinski definition) is 2. The zero-order valence-corrected chi connectivity index (χ0v) is 14.1. The van der Waals surface area contributed by atoms with Gasteiger partial charge in [0.05, 0.1) is 12.7 Å². The Labute approximate surface area is 135 Å². The van der Waals surface area contributed by atoms with Gasteiger partial charge in [-0.25, -0.2) is 4.39 Å². The highest BCUT2D eigenvalue weighted by Crippen LogP contribution is 2.38. The van der Waals surface area contributed by atoms with E-state index >= 15 is 0 Å². The van der Waals surface area contributed by atoms with Crippen LogP contribution < -0.4 is 4.74 Å². The van der Waals surface area contributed by atoms with Gasteiger partial charge in [-0.15, -0.1) is 0 Å². The molecule has 1 atom stereocenters. The summed E-state index contributed by atoms with van der Waals surface area (Å²) in [6.07, 6.45) is -4.23. The van der Waals surface area contributed by atoms with E-state index in [1.807, 2.05) is 13.8 Å². The first-order chi connectivity index (χ1) is 10.8. The molecule has 0 saturated carbocycles. The maximum absolute atomic E-state index is 13.4. The highest BCUT2D eigenvalue weighted by atomic mass is 19.4. The highest BCUT2D eigenvalue weighted by molar-refractivity contribution is 5.46. The van der Waals surface area contributed by atoms with Crippen molar-refractivity contribution in [3.63, 3.8) is 0 Å². The van der Waals surface area contributed by atoms with Gasteiger partial charge in [0.15, 0.2) is 0 Å². The number of piperidine rings is 1. The van der Waals surface area contributed by atoms with E-state index in [2.05, 4.69) is 0 Å². The van der Waals surface area contributed by atoms with Gasteiger partial charge < -0.3 is 4.74 Å². The normalized spacial score (nSPS) is 19.0. The van der Waals surface area contributed by atoms with Crippen LogP contribution in [0.25, 0.3) is 0 Å². The summed E-state index contributed by atoms with van der Waals surface area (Å²) in [7, 11) is 1.35. The van der Waals surface area contributed by atoms with Gasteiger partial charge in [0.1, 0.15) is 11.9 Å². The van der Waals surface area contributed by atoms with E-state index in [0.717, 1.165) is 0 Å². The van der Waals surface area contributed by atoms with Crippen LogP contribution in [0.1, 0.15) is 43.4 Å². The molecule has 1 unspecified atom stereocenters. The maximum atomic E-state index is 13.4. The molecule has 0 amide bonds. The Bertz CT molecular complexity index is 502. The van der Waals surface area contributed by atoms with Crippen molar-refractivity contribution in [1.29, 1.82) is 0 Å². The summed E-state index contributed by atoms with van der Waals surface area (Å²) in [5.41, 5.74) is -0.408. The third-order valence-corrected chi connectivity index (χ3v) is 3.85. The van der Waals surface area contributed by atoms with E-state index in [0.29, 0.717) is 19.4 Å². The van der Waals surface area contributed by atoms with Crippen LogP contribution in [0.3, 0.4) is 0 Å². The van der Waals surface area contributed by atoms with Crippen LogP contribution in [-0.4, -0.2) is 31.3 Å². The van der Waals surface area contributed by atoms with E-state index in [-0.39, 0.29) is 30.0 Å². The molecule has 1 saturated heterocycles. The predicted molar refractivity (Wildman–Crippen MR) is 83.5 cm³/mol. The summed E-state index contributed by atoms with van der Waals surface area (Å²) < 4.78 is 58.3. The van der Waals surface area contributed by atoms with Gasteiger partial charge in [-0.2, -0.15) is 13.2 Å². The van der Waals surface area contributed by atoms with Crippen molar-refractivity contribution in [3.8, 4) is 5.75 Å². The van der Waals surface area contributed by atoms with E-state index < -0.39 is 17.9 Å². The third kappa shape index (κ3) is 5.09. The summed E-state index contributed by atoms with van der Waals surface area (Å²) in [6, 6.07) is 2.97. The van der Waals surface area contributed by atoms with Gasteiger partial charge in [0.2, 0.25) is 0 Å². The summed E-state index contributed by atoms with van der Waals surface area (Å²) in [5, 5.41) is 0. The van der Waals surface area contributed by atoms with Crippen molar-refractivity contribution in [2.45, 2.75) is 52.5 Å². The Morgan fingerprint density at radius 3 is 2.43 bits per heavy atom. The molecule has 132 valence electrons. The molecule has 6 heteroatoms. The van der Waals surface area contributed by atoms with Crippen molar-refractivity contribution in [1.82, 2.24) is 4.90 Å². The lowest BCUT2D eigenvalue weighted by Crippen LogP contribution is -2.36. The molecule has 1 aromatic rings. The molecule has 0 aromatic heterocycles. The Morgan fingerprint density at radius 2 is 1.91 bits per heavy atom. The van der Waals surface area contributed by atoms with Gasteiger partial charge in [0.25, 0.3) is 0 Å². The van der Waals surface area contributed by atoms with Crippen LogP contribution in [0.2, 0.25) is 0 Å². The molecule has 1 heterocycles. The monoisotopic (exact) mass is 335 g/mol. The lowest BCUT2D eigenvalue weighted by atomic mass is 9.99. The quantitative estimate of drug-likeness (QED) is 0.722. The molecule has 1 aliphatic rings. The number of nitrogens with zero attached hydrogens (tertiary/aromatic N) is 1. The largest absolute Gasteiger partial charge is 0.496 e. The second-order valence-electron chi connectivity index (χ2n) is 5.40. The van der Waals surface area contributed by atoms with Crippen molar-refractivity contribution in [2.24, 2.45) is 0 Å². The number of hydrogen-bond donors (Lipinski definition) is 0. The number of methoxy groups -OCH3 is 1. The molecule has 0 aliphatic carbocycles. The van der Waals surface area contributed by atoms with E-state index in [1.165, 1.54) is 26.2 Å². The van der Waals surface area contributed by atoms with Gasteiger partial charge in [-0.1, -0.05) is 19.9 Å². The lowest BCUT2D eigenvalue weighted by molar-refractivity contribution is -0.139. The molecule has 0 spiro atoms. The Hall–Kier alpha value is -1.30. The first kappa shape index (κ1) is 19.7. The number of halogens is 4. The van der Waals surface area contributed by atoms with Crippen LogP contribution in [0, 0.1) is 6.92 Å². The third-order valence-electron chi connectivity index (χ3n) is 3.85. The maximum Gasteiger partial charge on any atom is 0.417 e. The first-order valence-corrected chi connectivity index (χ1v) is 7.93. The summed E-state index contributed by atoms with van der Waals surface area (Å²) in [5.74, 6) is 0.216. The fourth-order valence-corrected chi connectivity index (χ4v) is 2.88. The number of likely N-dealkylation sites (tertiary alicyclic amines) is 1. The van der Waals surface area contributed by atoms with Crippen molar-refractivity contribution in [3.05, 3.63) is 28.8 Å². The molecule has 0 bridgehead atoms. The molecule has 1 aromatic carbocycles. The summed E-state index contributed by atoms with van der Waals surface area (Å²) in [6.45, 7) is 6.34. The fourth-order valence-electron chi connectivity index (χ4n) is 2.88. The van der Waals surface area contributed by atoms with Gasteiger partial charge >= 0.3 is 6.18 Å². The fraction of sp³-hybridized carbons (Fsp3) is 0.647. The molecule has 1 fully saturated rings. The minimum Gasteiger partial charge on any atom is -0.496 e. The Balaban J connectivity index is 0.00000127. The van der Waals surface area contributed by atoms with E-state index in [9.17, 15) is 17.6 Å². The molecule has 1 aliphatic heterocycles. The second-order valence-corrected chi connectivity index (χ2v) is 5.40. The van der Waals surface area contributed by atoms with Crippen LogP contribution in [0.15, 0.2) is 12.1 Å². The van der Waals surface area contributed by atoms with E-state index in [4.69, 9.17) is 4.74 Å². The Morgan fingerprint density at radius 1 is 1.26 bits per heavy atom. The molecule has 2 nitrogen and oxygen atoms in total. The predicted octanol–water partition coefficient (Wildman–Crippen LogP) is 4.98. The number of benzene rings is 1. The van der Waals surface area contributed by atoms with Gasteiger partial charge in [-0.05, 0) is 37.9 Å². The summed E-state index contributed by atoms with van der Waals surface area (Å²) in [4.78, 5) is 1.74. The Kier molecular flexibility index (Phi) is 7.32. The SMILES string of the molecule is CC.COc1ccc(CN2CCCC(F)C2)c(C(F)(F)F)c1C. The average Bonchev–Trinajstić information content (AvgIpc) is 2.48. The average molecular weight is 335 g/mol. The standard InChI is InChI=1S/C15H19F4NO.C2H6/c1-10-13(21-2)6-5-11(14(10)15(17,18)19)8-20-7-3-4-12(16)9-20;1-2/h5-6,12H,3-4,7-9H2,1-2H3;1-2H3. The highest BCUT2D eigenvalue weighted by Gasteiger charge is 2.36. The van der Waals surface area contributed by atoms with Crippen molar-refractivity contribution < 1.29 is 22.3 Å². The second kappa shape index (κ2) is 8.52. The van der Waals surface area contributed by atoms with Gasteiger partial charge in [-0.3, -0.25) is 4.90 Å². The van der Waals surface area contributed by atoms with Crippen LogP contribution in [-0.2, 0) is 12.7 Å². The number of alkyl halides is 4. The number of rotatable bonds is 3. The molecular weight excluding hydrogens is 310 g/mol. The first-order valence-electron chi connectivity index (χ1n) is 7.93. The smallest absolute Gasteiger partial charge is 0.417 e. The van der Waals surface area contributed by atoms with Crippen LogP contribution in [0.4, 0.5) is 17.6 Å². The topological polar surface area (TPSA) is 12.5 Å². The van der Waals surface area contributed by atoms with E-state index in [1.54, 1.807) is 4.90 Å². The zero-order chi connectivity index (χ0) is 17.6. The lowest BCUT2D eigenvalue weighted by Gasteiger charge is -2.30. The molecule has 0 radical (unpaired) electrons. The van der Waals surface area contributed by atoms with Crippen molar-refractivity contribution >= 4 is 0 Å². The number of ether oxygens (including phenoxy) is 1. The molecular formula is C17H25F4NO. The van der Waals surface area contributed by atoms with Crippen LogP contribution in [0.5, 0.6) is 5.75 Å². The van der Waals surface area contributed by atoms with Crippen LogP contribution >= 0.6 is 0 Å². The minimum absolute atomic E-state index is 0.0799. The molecule has 23 heavy (non-hydrogen) atoms. The zero-order valence-electron chi connectivity index (χ0n) is 14.1.